The molecule has 2 rings (SSSR count). The van der Waals surface area contributed by atoms with Gasteiger partial charge in [0.2, 0.25) is 0 Å². The van der Waals surface area contributed by atoms with Gasteiger partial charge in [0.1, 0.15) is 12.2 Å². The first-order valence-corrected chi connectivity index (χ1v) is 7.30. The van der Waals surface area contributed by atoms with Crippen LogP contribution in [0.4, 0.5) is 9.59 Å². The second-order valence-electron chi connectivity index (χ2n) is 6.41. The first-order valence-electron chi connectivity index (χ1n) is 7.30. The lowest BCUT2D eigenvalue weighted by molar-refractivity contribution is 0.0446. The third kappa shape index (κ3) is 3.77. The fraction of sp³-hybridized carbons (Fsp3) is 0.857. The summed E-state index contributed by atoms with van der Waals surface area (Å²) in [5.41, 5.74) is -0.513. The van der Waals surface area contributed by atoms with E-state index in [1.54, 1.807) is 4.90 Å². The van der Waals surface area contributed by atoms with E-state index < -0.39 is 11.7 Å². The van der Waals surface area contributed by atoms with Gasteiger partial charge < -0.3 is 14.8 Å². The predicted octanol–water partition coefficient (Wildman–Crippen LogP) is 2.27. The van der Waals surface area contributed by atoms with Crippen LogP contribution in [-0.4, -0.2) is 47.9 Å². The van der Waals surface area contributed by atoms with Crippen LogP contribution in [0.2, 0.25) is 0 Å². The number of hydrogen-bond acceptors (Lipinski definition) is 4. The molecule has 1 heterocycles. The first-order chi connectivity index (χ1) is 9.37. The lowest BCUT2D eigenvalue weighted by Crippen LogP contribution is -2.54. The van der Waals surface area contributed by atoms with E-state index in [0.717, 1.165) is 25.7 Å². The van der Waals surface area contributed by atoms with Gasteiger partial charge in [0.15, 0.2) is 0 Å². The zero-order chi connectivity index (χ0) is 14.8. The SMILES string of the molecule is CC(C)(C)OC(=O)N[C@@H]1CCCC[C@H]1N1CCOC1=O. The van der Waals surface area contributed by atoms with Crippen LogP contribution in [0, 0.1) is 0 Å². The Hall–Kier alpha value is -1.46. The fourth-order valence-corrected chi connectivity index (χ4v) is 2.82. The van der Waals surface area contributed by atoms with Gasteiger partial charge >= 0.3 is 12.2 Å². The molecule has 1 aliphatic heterocycles. The van der Waals surface area contributed by atoms with Crippen molar-refractivity contribution in [3.8, 4) is 0 Å². The Kier molecular flexibility index (Phi) is 4.40. The van der Waals surface area contributed by atoms with E-state index in [1.807, 2.05) is 20.8 Å². The minimum atomic E-state index is -0.513. The molecule has 6 heteroatoms. The van der Waals surface area contributed by atoms with Crippen molar-refractivity contribution in [3.05, 3.63) is 0 Å². The molecule has 0 bridgehead atoms. The van der Waals surface area contributed by atoms with Crippen LogP contribution >= 0.6 is 0 Å². The fourth-order valence-electron chi connectivity index (χ4n) is 2.82. The largest absolute Gasteiger partial charge is 0.448 e. The standard InChI is InChI=1S/C14H24N2O4/c1-14(2,3)20-12(17)15-10-6-4-5-7-11(10)16-8-9-19-13(16)18/h10-11H,4-9H2,1-3H3,(H,15,17)/t10-,11-/m1/s1. The van der Waals surface area contributed by atoms with Gasteiger partial charge in [-0.3, -0.25) is 4.90 Å². The molecule has 6 nitrogen and oxygen atoms in total. The summed E-state index contributed by atoms with van der Waals surface area (Å²) in [6.07, 6.45) is 3.21. The molecule has 0 radical (unpaired) electrons. The topological polar surface area (TPSA) is 67.9 Å². The highest BCUT2D eigenvalue weighted by Crippen LogP contribution is 2.25. The summed E-state index contributed by atoms with van der Waals surface area (Å²) in [7, 11) is 0. The highest BCUT2D eigenvalue weighted by molar-refractivity contribution is 5.71. The minimum Gasteiger partial charge on any atom is -0.448 e. The summed E-state index contributed by atoms with van der Waals surface area (Å²) in [4.78, 5) is 25.3. The second-order valence-corrected chi connectivity index (χ2v) is 6.41. The number of alkyl carbamates (subject to hydrolysis) is 1. The molecule has 0 unspecified atom stereocenters. The maximum Gasteiger partial charge on any atom is 0.410 e. The molecule has 114 valence electrons. The first kappa shape index (κ1) is 14.9. The van der Waals surface area contributed by atoms with Crippen molar-refractivity contribution in [2.45, 2.75) is 64.1 Å². The Bertz CT molecular complexity index is 378. The summed E-state index contributed by atoms with van der Waals surface area (Å²) < 4.78 is 10.3. The van der Waals surface area contributed by atoms with Crippen LogP contribution in [0.25, 0.3) is 0 Å². The number of rotatable bonds is 2. The van der Waals surface area contributed by atoms with Gasteiger partial charge in [0.25, 0.3) is 0 Å². The average Bonchev–Trinajstić information content (AvgIpc) is 2.73. The summed E-state index contributed by atoms with van der Waals surface area (Å²) in [5.74, 6) is 0. The van der Waals surface area contributed by atoms with E-state index in [2.05, 4.69) is 5.32 Å². The molecule has 1 aliphatic carbocycles. The number of carbonyl (C=O) groups excluding carboxylic acids is 2. The zero-order valence-corrected chi connectivity index (χ0v) is 12.5. The van der Waals surface area contributed by atoms with Crippen molar-refractivity contribution in [2.24, 2.45) is 0 Å². The van der Waals surface area contributed by atoms with Crippen molar-refractivity contribution in [3.63, 3.8) is 0 Å². The highest BCUT2D eigenvalue weighted by atomic mass is 16.6. The number of amides is 2. The van der Waals surface area contributed by atoms with E-state index >= 15 is 0 Å². The molecule has 0 spiro atoms. The lowest BCUT2D eigenvalue weighted by Gasteiger charge is -2.37. The zero-order valence-electron chi connectivity index (χ0n) is 12.5. The summed E-state index contributed by atoms with van der Waals surface area (Å²) in [5, 5.41) is 2.91. The number of nitrogens with zero attached hydrogens (tertiary/aromatic N) is 1. The van der Waals surface area contributed by atoms with E-state index in [0.29, 0.717) is 13.2 Å². The molecule has 20 heavy (non-hydrogen) atoms. The molecule has 2 atom stereocenters. The van der Waals surface area contributed by atoms with Crippen LogP contribution in [0.1, 0.15) is 46.5 Å². The van der Waals surface area contributed by atoms with Crippen molar-refractivity contribution >= 4 is 12.2 Å². The third-order valence-corrected chi connectivity index (χ3v) is 3.62. The third-order valence-electron chi connectivity index (χ3n) is 3.62. The molecular formula is C14H24N2O4. The average molecular weight is 284 g/mol. The summed E-state index contributed by atoms with van der Waals surface area (Å²) in [6, 6.07) is -0.0319. The van der Waals surface area contributed by atoms with Crippen molar-refractivity contribution < 1.29 is 19.1 Å². The molecule has 1 saturated carbocycles. The molecular weight excluding hydrogens is 260 g/mol. The molecule has 2 amide bonds. The van der Waals surface area contributed by atoms with Crippen molar-refractivity contribution in [1.29, 1.82) is 0 Å². The maximum absolute atomic E-state index is 11.9. The van der Waals surface area contributed by atoms with Gasteiger partial charge in [-0.05, 0) is 33.6 Å². The van der Waals surface area contributed by atoms with E-state index in [-0.39, 0.29) is 18.2 Å². The minimum absolute atomic E-state index is 0.0197. The van der Waals surface area contributed by atoms with Crippen LogP contribution in [0.3, 0.4) is 0 Å². The Morgan fingerprint density at radius 3 is 2.65 bits per heavy atom. The molecule has 1 saturated heterocycles. The Morgan fingerprint density at radius 2 is 2.05 bits per heavy atom. The quantitative estimate of drug-likeness (QED) is 0.844. The summed E-state index contributed by atoms with van der Waals surface area (Å²) >= 11 is 0. The predicted molar refractivity (Wildman–Crippen MR) is 73.5 cm³/mol. The van der Waals surface area contributed by atoms with Crippen LogP contribution in [-0.2, 0) is 9.47 Å². The number of carbonyl (C=O) groups is 2. The van der Waals surface area contributed by atoms with Gasteiger partial charge in [-0.15, -0.1) is 0 Å². The van der Waals surface area contributed by atoms with Gasteiger partial charge in [0, 0.05) is 0 Å². The van der Waals surface area contributed by atoms with Crippen LogP contribution in [0.15, 0.2) is 0 Å². The molecule has 1 N–H and O–H groups in total. The summed E-state index contributed by atoms with van der Waals surface area (Å²) in [6.45, 7) is 6.55. The number of ether oxygens (including phenoxy) is 2. The van der Waals surface area contributed by atoms with E-state index in [9.17, 15) is 9.59 Å². The normalized spacial score (nSPS) is 27.1. The monoisotopic (exact) mass is 284 g/mol. The Morgan fingerprint density at radius 1 is 1.35 bits per heavy atom. The van der Waals surface area contributed by atoms with Crippen molar-refractivity contribution in [2.75, 3.05) is 13.2 Å². The second kappa shape index (κ2) is 5.89. The van der Waals surface area contributed by atoms with E-state index in [4.69, 9.17) is 9.47 Å². The molecule has 0 aromatic carbocycles. The maximum atomic E-state index is 11.9. The van der Waals surface area contributed by atoms with Gasteiger partial charge in [-0.25, -0.2) is 9.59 Å². The number of nitrogens with one attached hydrogen (secondary N) is 1. The highest BCUT2D eigenvalue weighted by Gasteiger charge is 2.37. The smallest absolute Gasteiger partial charge is 0.410 e. The molecule has 0 aromatic heterocycles. The van der Waals surface area contributed by atoms with Gasteiger partial charge in [-0.1, -0.05) is 12.8 Å². The van der Waals surface area contributed by atoms with Gasteiger partial charge in [-0.2, -0.15) is 0 Å². The lowest BCUT2D eigenvalue weighted by atomic mass is 9.89. The molecule has 2 fully saturated rings. The molecule has 2 aliphatic rings. The Labute approximate surface area is 119 Å². The van der Waals surface area contributed by atoms with Crippen LogP contribution in [0.5, 0.6) is 0 Å². The number of cyclic esters (lactones) is 1. The van der Waals surface area contributed by atoms with E-state index in [1.165, 1.54) is 0 Å². The van der Waals surface area contributed by atoms with Crippen LogP contribution < -0.4 is 5.32 Å². The number of hydrogen-bond donors (Lipinski definition) is 1. The Balaban J connectivity index is 1.96. The molecule has 0 aromatic rings. The van der Waals surface area contributed by atoms with Crippen molar-refractivity contribution in [1.82, 2.24) is 10.2 Å². The van der Waals surface area contributed by atoms with Gasteiger partial charge in [0.05, 0.1) is 18.6 Å².